The molecular weight excluding hydrogens is 202 g/mol. The van der Waals surface area contributed by atoms with Crippen molar-refractivity contribution in [2.45, 2.75) is 32.3 Å². The van der Waals surface area contributed by atoms with Gasteiger partial charge in [0.15, 0.2) is 0 Å². The number of hydrogen-bond donors (Lipinski definition) is 1. The van der Waals surface area contributed by atoms with Crippen molar-refractivity contribution in [3.8, 4) is 5.75 Å². The minimum atomic E-state index is -0.396. The molecule has 3 nitrogen and oxygen atoms in total. The highest BCUT2D eigenvalue weighted by Gasteiger charge is 2.28. The van der Waals surface area contributed by atoms with Gasteiger partial charge in [-0.2, -0.15) is 0 Å². The number of pyridine rings is 1. The molecule has 16 heavy (non-hydrogen) atoms. The summed E-state index contributed by atoms with van der Waals surface area (Å²) in [4.78, 5) is 4.08. The van der Waals surface area contributed by atoms with E-state index in [0.29, 0.717) is 11.7 Å². The lowest BCUT2D eigenvalue weighted by Crippen LogP contribution is -2.09. The topological polar surface area (TPSA) is 42.4 Å². The van der Waals surface area contributed by atoms with Gasteiger partial charge in [0.2, 0.25) is 0 Å². The molecule has 0 aromatic carbocycles. The third-order valence-corrected chi connectivity index (χ3v) is 3.49. The smallest absolute Gasteiger partial charge is 0.137 e. The van der Waals surface area contributed by atoms with Gasteiger partial charge in [0.25, 0.3) is 0 Å². The molecule has 3 unspecified atom stereocenters. The van der Waals surface area contributed by atoms with Crippen molar-refractivity contribution in [1.29, 1.82) is 0 Å². The zero-order valence-corrected chi connectivity index (χ0v) is 9.89. The van der Waals surface area contributed by atoms with E-state index in [4.69, 9.17) is 4.74 Å². The number of aliphatic hydroxyl groups is 1. The quantitative estimate of drug-likeness (QED) is 0.853. The zero-order valence-electron chi connectivity index (χ0n) is 9.89. The van der Waals surface area contributed by atoms with E-state index in [-0.39, 0.29) is 0 Å². The predicted molar refractivity (Wildman–Crippen MR) is 62.3 cm³/mol. The van der Waals surface area contributed by atoms with Crippen LogP contribution in [-0.4, -0.2) is 17.2 Å². The fraction of sp³-hybridized carbons (Fsp3) is 0.615. The van der Waals surface area contributed by atoms with Crippen LogP contribution < -0.4 is 4.74 Å². The second-order valence-electron chi connectivity index (χ2n) is 4.78. The average Bonchev–Trinajstić information content (AvgIpc) is 2.75. The standard InChI is InChI=1S/C13H19NO2/c1-9-3-4-10(5-9)13(15)11-6-12(16-2)8-14-7-11/h6-10,13,15H,3-5H2,1-2H3. The van der Waals surface area contributed by atoms with Crippen molar-refractivity contribution in [1.82, 2.24) is 4.98 Å². The van der Waals surface area contributed by atoms with Crippen LogP contribution in [0.15, 0.2) is 18.5 Å². The highest BCUT2D eigenvalue weighted by molar-refractivity contribution is 5.25. The molecule has 0 aliphatic heterocycles. The molecule has 0 saturated heterocycles. The van der Waals surface area contributed by atoms with E-state index in [2.05, 4.69) is 11.9 Å². The Balaban J connectivity index is 2.10. The second kappa shape index (κ2) is 4.83. The van der Waals surface area contributed by atoms with Gasteiger partial charge in [0.1, 0.15) is 5.75 Å². The van der Waals surface area contributed by atoms with Crippen LogP contribution >= 0.6 is 0 Å². The molecule has 0 amide bonds. The van der Waals surface area contributed by atoms with Crippen LogP contribution in [0.25, 0.3) is 0 Å². The number of rotatable bonds is 3. The van der Waals surface area contributed by atoms with Crippen molar-refractivity contribution >= 4 is 0 Å². The summed E-state index contributed by atoms with van der Waals surface area (Å²) in [5.74, 6) is 1.82. The van der Waals surface area contributed by atoms with Crippen molar-refractivity contribution in [3.05, 3.63) is 24.0 Å². The molecule has 1 fully saturated rings. The first-order valence-electron chi connectivity index (χ1n) is 5.87. The van der Waals surface area contributed by atoms with Crippen LogP contribution in [0.4, 0.5) is 0 Å². The third-order valence-electron chi connectivity index (χ3n) is 3.49. The number of hydrogen-bond acceptors (Lipinski definition) is 3. The van der Waals surface area contributed by atoms with Crippen LogP contribution in [0.3, 0.4) is 0 Å². The summed E-state index contributed by atoms with van der Waals surface area (Å²) >= 11 is 0. The lowest BCUT2D eigenvalue weighted by atomic mass is 9.94. The Morgan fingerprint density at radius 3 is 2.88 bits per heavy atom. The van der Waals surface area contributed by atoms with Crippen molar-refractivity contribution in [2.75, 3.05) is 7.11 Å². The summed E-state index contributed by atoms with van der Waals surface area (Å²) in [5.41, 5.74) is 0.874. The summed E-state index contributed by atoms with van der Waals surface area (Å²) in [6.07, 6.45) is 6.44. The molecule has 1 aromatic heterocycles. The molecule has 1 aliphatic rings. The fourth-order valence-corrected chi connectivity index (χ4v) is 2.52. The largest absolute Gasteiger partial charge is 0.495 e. The number of ether oxygens (including phenoxy) is 1. The predicted octanol–water partition coefficient (Wildman–Crippen LogP) is 2.56. The Bertz CT molecular complexity index is 354. The third kappa shape index (κ3) is 2.35. The van der Waals surface area contributed by atoms with Gasteiger partial charge in [-0.3, -0.25) is 4.98 Å². The Kier molecular flexibility index (Phi) is 3.44. The van der Waals surface area contributed by atoms with Gasteiger partial charge in [-0.05, 0) is 30.7 Å². The maximum absolute atomic E-state index is 10.3. The lowest BCUT2D eigenvalue weighted by molar-refractivity contribution is 0.109. The summed E-state index contributed by atoms with van der Waals surface area (Å²) in [6, 6.07) is 1.88. The summed E-state index contributed by atoms with van der Waals surface area (Å²) in [7, 11) is 1.62. The van der Waals surface area contributed by atoms with Crippen LogP contribution in [0.1, 0.15) is 37.9 Å². The molecule has 1 N–H and O–H groups in total. The molecule has 0 bridgehead atoms. The van der Waals surface area contributed by atoms with Crippen LogP contribution in [0.5, 0.6) is 5.75 Å². The van der Waals surface area contributed by atoms with Gasteiger partial charge in [0, 0.05) is 11.8 Å². The van der Waals surface area contributed by atoms with E-state index in [1.54, 1.807) is 19.5 Å². The molecule has 2 rings (SSSR count). The van der Waals surface area contributed by atoms with Crippen molar-refractivity contribution in [2.24, 2.45) is 11.8 Å². The maximum Gasteiger partial charge on any atom is 0.137 e. The number of aromatic nitrogens is 1. The van der Waals surface area contributed by atoms with Crippen LogP contribution in [0, 0.1) is 11.8 Å². The molecule has 3 heteroatoms. The van der Waals surface area contributed by atoms with Gasteiger partial charge < -0.3 is 9.84 Å². The van der Waals surface area contributed by atoms with Gasteiger partial charge in [-0.1, -0.05) is 13.3 Å². The first kappa shape index (κ1) is 11.4. The minimum Gasteiger partial charge on any atom is -0.495 e. The summed E-state index contributed by atoms with van der Waals surface area (Å²) in [5, 5.41) is 10.3. The summed E-state index contributed by atoms with van der Waals surface area (Å²) in [6.45, 7) is 2.25. The SMILES string of the molecule is COc1cncc(C(O)C2CCC(C)C2)c1. The van der Waals surface area contributed by atoms with Gasteiger partial charge in [-0.15, -0.1) is 0 Å². The second-order valence-corrected chi connectivity index (χ2v) is 4.78. The zero-order chi connectivity index (χ0) is 11.5. The molecule has 0 spiro atoms. The van der Waals surface area contributed by atoms with E-state index < -0.39 is 6.10 Å². The highest BCUT2D eigenvalue weighted by atomic mass is 16.5. The summed E-state index contributed by atoms with van der Waals surface area (Å²) < 4.78 is 5.12. The highest BCUT2D eigenvalue weighted by Crippen LogP contribution is 2.39. The van der Waals surface area contributed by atoms with Gasteiger partial charge >= 0.3 is 0 Å². The van der Waals surface area contributed by atoms with Crippen molar-refractivity contribution in [3.63, 3.8) is 0 Å². The molecular formula is C13H19NO2. The van der Waals surface area contributed by atoms with E-state index >= 15 is 0 Å². The van der Waals surface area contributed by atoms with Crippen LogP contribution in [0.2, 0.25) is 0 Å². The normalized spacial score (nSPS) is 26.7. The maximum atomic E-state index is 10.3. The Morgan fingerprint density at radius 1 is 1.44 bits per heavy atom. The van der Waals surface area contributed by atoms with E-state index in [1.165, 1.54) is 6.42 Å². The molecule has 1 aromatic rings. The average molecular weight is 221 g/mol. The number of methoxy groups -OCH3 is 1. The molecule has 1 aliphatic carbocycles. The van der Waals surface area contributed by atoms with E-state index in [0.717, 1.165) is 24.3 Å². The van der Waals surface area contributed by atoms with E-state index in [9.17, 15) is 5.11 Å². The first-order valence-corrected chi connectivity index (χ1v) is 5.87. The number of aliphatic hydroxyl groups excluding tert-OH is 1. The van der Waals surface area contributed by atoms with Gasteiger partial charge in [0.05, 0.1) is 19.4 Å². The number of nitrogens with zero attached hydrogens (tertiary/aromatic N) is 1. The molecule has 1 saturated carbocycles. The molecule has 3 atom stereocenters. The van der Waals surface area contributed by atoms with Gasteiger partial charge in [-0.25, -0.2) is 0 Å². The Labute approximate surface area is 96.5 Å². The molecule has 88 valence electrons. The molecule has 1 heterocycles. The van der Waals surface area contributed by atoms with Crippen LogP contribution in [-0.2, 0) is 0 Å². The Hall–Kier alpha value is -1.09. The fourth-order valence-electron chi connectivity index (χ4n) is 2.52. The molecule has 0 radical (unpaired) electrons. The monoisotopic (exact) mass is 221 g/mol. The van der Waals surface area contributed by atoms with E-state index in [1.807, 2.05) is 6.07 Å². The first-order chi connectivity index (χ1) is 7.70. The van der Waals surface area contributed by atoms with Crippen molar-refractivity contribution < 1.29 is 9.84 Å². The lowest BCUT2D eigenvalue weighted by Gasteiger charge is -2.18. The Morgan fingerprint density at radius 2 is 2.25 bits per heavy atom. The minimum absolute atomic E-state index is 0.379.